The van der Waals surface area contributed by atoms with Crippen LogP contribution in [0.3, 0.4) is 0 Å². The standard InChI is InChI=1S/C8H15NO2/c1-3-5-6-11-7(4-2)8(9)10/h3,5,7H,4,6H2,1-2H3,(H2,9,10). The number of ether oxygens (including phenoxy) is 1. The highest BCUT2D eigenvalue weighted by atomic mass is 16.5. The molecule has 0 spiro atoms. The zero-order chi connectivity index (χ0) is 8.69. The van der Waals surface area contributed by atoms with Crippen molar-refractivity contribution in [1.29, 1.82) is 0 Å². The minimum Gasteiger partial charge on any atom is -0.367 e. The van der Waals surface area contributed by atoms with Crippen LogP contribution in [0.1, 0.15) is 20.3 Å². The van der Waals surface area contributed by atoms with Crippen LogP contribution in [0.5, 0.6) is 0 Å². The maximum Gasteiger partial charge on any atom is 0.246 e. The summed E-state index contributed by atoms with van der Waals surface area (Å²) in [6.45, 7) is 4.22. The van der Waals surface area contributed by atoms with Gasteiger partial charge in [0.2, 0.25) is 5.91 Å². The van der Waals surface area contributed by atoms with Gasteiger partial charge in [0.05, 0.1) is 6.61 Å². The van der Waals surface area contributed by atoms with Gasteiger partial charge in [0, 0.05) is 0 Å². The van der Waals surface area contributed by atoms with Crippen molar-refractivity contribution in [2.45, 2.75) is 26.4 Å². The molecule has 0 radical (unpaired) electrons. The Bertz CT molecular complexity index is 143. The van der Waals surface area contributed by atoms with Crippen LogP contribution in [0, 0.1) is 0 Å². The molecule has 0 saturated carbocycles. The van der Waals surface area contributed by atoms with Crippen LogP contribution in [-0.2, 0) is 9.53 Å². The second-order valence-electron chi connectivity index (χ2n) is 2.20. The summed E-state index contributed by atoms with van der Waals surface area (Å²) in [6.07, 6.45) is 3.90. The monoisotopic (exact) mass is 157 g/mol. The van der Waals surface area contributed by atoms with Gasteiger partial charge in [-0.05, 0) is 13.3 Å². The second-order valence-corrected chi connectivity index (χ2v) is 2.20. The Morgan fingerprint density at radius 1 is 1.73 bits per heavy atom. The SMILES string of the molecule is CC=CCOC(CC)C(N)=O. The number of primary amides is 1. The maximum atomic E-state index is 10.6. The molecule has 11 heavy (non-hydrogen) atoms. The molecule has 3 nitrogen and oxygen atoms in total. The predicted octanol–water partition coefficient (Wildman–Crippen LogP) is 0.843. The van der Waals surface area contributed by atoms with Gasteiger partial charge in [0.15, 0.2) is 0 Å². The van der Waals surface area contributed by atoms with E-state index in [1.807, 2.05) is 26.0 Å². The molecule has 1 atom stereocenters. The van der Waals surface area contributed by atoms with Crippen LogP contribution in [0.25, 0.3) is 0 Å². The molecule has 64 valence electrons. The number of allylic oxidation sites excluding steroid dienone is 1. The minimum atomic E-state index is -0.439. The Morgan fingerprint density at radius 2 is 2.36 bits per heavy atom. The fourth-order valence-corrected chi connectivity index (χ4v) is 0.669. The third-order valence-corrected chi connectivity index (χ3v) is 1.32. The minimum absolute atomic E-state index is 0.392. The van der Waals surface area contributed by atoms with E-state index in [0.29, 0.717) is 13.0 Å². The fourth-order valence-electron chi connectivity index (χ4n) is 0.669. The highest BCUT2D eigenvalue weighted by Crippen LogP contribution is 1.96. The molecule has 0 rings (SSSR count). The molecular weight excluding hydrogens is 142 g/mol. The van der Waals surface area contributed by atoms with Crippen molar-refractivity contribution in [2.75, 3.05) is 6.61 Å². The maximum absolute atomic E-state index is 10.6. The van der Waals surface area contributed by atoms with Crippen LogP contribution in [-0.4, -0.2) is 18.6 Å². The molecule has 2 N–H and O–H groups in total. The Labute approximate surface area is 67.2 Å². The molecule has 3 heteroatoms. The Morgan fingerprint density at radius 3 is 2.73 bits per heavy atom. The van der Waals surface area contributed by atoms with Crippen LogP contribution >= 0.6 is 0 Å². The van der Waals surface area contributed by atoms with E-state index in [1.165, 1.54) is 0 Å². The first kappa shape index (κ1) is 10.2. The van der Waals surface area contributed by atoms with E-state index in [9.17, 15) is 4.79 Å². The lowest BCUT2D eigenvalue weighted by atomic mass is 10.3. The summed E-state index contributed by atoms with van der Waals surface area (Å²) in [5.74, 6) is -0.392. The molecule has 0 fully saturated rings. The van der Waals surface area contributed by atoms with E-state index in [1.54, 1.807) is 0 Å². The van der Waals surface area contributed by atoms with Crippen molar-refractivity contribution in [3.05, 3.63) is 12.2 Å². The molecule has 0 aromatic rings. The number of carbonyl (C=O) groups excluding carboxylic acids is 1. The van der Waals surface area contributed by atoms with Gasteiger partial charge in [-0.25, -0.2) is 0 Å². The number of carbonyl (C=O) groups is 1. The summed E-state index contributed by atoms with van der Waals surface area (Å²) in [7, 11) is 0. The summed E-state index contributed by atoms with van der Waals surface area (Å²) in [5, 5.41) is 0. The van der Waals surface area contributed by atoms with Gasteiger partial charge in [0.25, 0.3) is 0 Å². The molecule has 0 saturated heterocycles. The second kappa shape index (κ2) is 5.92. The smallest absolute Gasteiger partial charge is 0.246 e. The lowest BCUT2D eigenvalue weighted by Gasteiger charge is -2.09. The normalized spacial score (nSPS) is 13.6. The predicted molar refractivity (Wildman–Crippen MR) is 44.0 cm³/mol. The van der Waals surface area contributed by atoms with E-state index in [0.717, 1.165) is 0 Å². The number of nitrogens with two attached hydrogens (primary N) is 1. The summed E-state index contributed by atoms with van der Waals surface area (Å²) in [6, 6.07) is 0. The fraction of sp³-hybridized carbons (Fsp3) is 0.625. The van der Waals surface area contributed by atoms with Crippen molar-refractivity contribution < 1.29 is 9.53 Å². The van der Waals surface area contributed by atoms with Crippen LogP contribution in [0.15, 0.2) is 12.2 Å². The molecule has 0 aromatic carbocycles. The van der Waals surface area contributed by atoms with E-state index < -0.39 is 12.0 Å². The van der Waals surface area contributed by atoms with Crippen molar-refractivity contribution in [1.82, 2.24) is 0 Å². The number of amides is 1. The first-order valence-electron chi connectivity index (χ1n) is 3.74. The Hall–Kier alpha value is -0.830. The summed E-state index contributed by atoms with van der Waals surface area (Å²) in [5.41, 5.74) is 5.04. The molecule has 1 unspecified atom stereocenters. The summed E-state index contributed by atoms with van der Waals surface area (Å²) >= 11 is 0. The van der Waals surface area contributed by atoms with Gasteiger partial charge in [-0.15, -0.1) is 0 Å². The van der Waals surface area contributed by atoms with E-state index in [-0.39, 0.29) is 0 Å². The van der Waals surface area contributed by atoms with Crippen LogP contribution in [0.4, 0.5) is 0 Å². The molecular formula is C8H15NO2. The van der Waals surface area contributed by atoms with E-state index in [2.05, 4.69) is 0 Å². The first-order valence-corrected chi connectivity index (χ1v) is 3.74. The zero-order valence-electron chi connectivity index (χ0n) is 7.04. The molecule has 0 aliphatic carbocycles. The number of hydrogen-bond donors (Lipinski definition) is 1. The van der Waals surface area contributed by atoms with Crippen LogP contribution < -0.4 is 5.73 Å². The van der Waals surface area contributed by atoms with Gasteiger partial charge >= 0.3 is 0 Å². The number of hydrogen-bond acceptors (Lipinski definition) is 2. The average Bonchev–Trinajstić information content (AvgIpc) is 1.97. The van der Waals surface area contributed by atoms with Crippen LogP contribution in [0.2, 0.25) is 0 Å². The summed E-state index contributed by atoms with van der Waals surface area (Å²) in [4.78, 5) is 10.6. The van der Waals surface area contributed by atoms with Gasteiger partial charge in [0.1, 0.15) is 6.10 Å². The van der Waals surface area contributed by atoms with E-state index >= 15 is 0 Å². The third kappa shape index (κ3) is 4.56. The Balaban J connectivity index is 3.61. The Kier molecular flexibility index (Phi) is 5.47. The molecule has 0 aliphatic heterocycles. The lowest BCUT2D eigenvalue weighted by molar-refractivity contribution is -0.128. The highest BCUT2D eigenvalue weighted by Gasteiger charge is 2.11. The third-order valence-electron chi connectivity index (χ3n) is 1.32. The molecule has 0 aromatic heterocycles. The number of rotatable bonds is 5. The first-order chi connectivity index (χ1) is 5.22. The van der Waals surface area contributed by atoms with Gasteiger partial charge in [-0.1, -0.05) is 19.1 Å². The van der Waals surface area contributed by atoms with E-state index in [4.69, 9.17) is 10.5 Å². The average molecular weight is 157 g/mol. The van der Waals surface area contributed by atoms with Gasteiger partial charge in [-0.2, -0.15) is 0 Å². The largest absolute Gasteiger partial charge is 0.367 e. The summed E-state index contributed by atoms with van der Waals surface area (Å²) < 4.78 is 5.13. The molecule has 0 aliphatic rings. The van der Waals surface area contributed by atoms with Crippen molar-refractivity contribution in [2.24, 2.45) is 5.73 Å². The zero-order valence-corrected chi connectivity index (χ0v) is 7.04. The lowest BCUT2D eigenvalue weighted by Crippen LogP contribution is -2.30. The molecule has 0 bridgehead atoms. The molecule has 1 amide bonds. The molecule has 0 heterocycles. The van der Waals surface area contributed by atoms with Gasteiger partial charge in [-0.3, -0.25) is 4.79 Å². The topological polar surface area (TPSA) is 52.3 Å². The van der Waals surface area contributed by atoms with Crippen molar-refractivity contribution >= 4 is 5.91 Å². The van der Waals surface area contributed by atoms with Crippen molar-refractivity contribution in [3.8, 4) is 0 Å². The van der Waals surface area contributed by atoms with Crippen molar-refractivity contribution in [3.63, 3.8) is 0 Å². The van der Waals surface area contributed by atoms with Gasteiger partial charge < -0.3 is 10.5 Å². The quantitative estimate of drug-likeness (QED) is 0.601. The highest BCUT2D eigenvalue weighted by molar-refractivity contribution is 5.78.